The number of aryl methyl sites for hydroxylation is 1. The fraction of sp³-hybridized carbons (Fsp3) is 0.455. The van der Waals surface area contributed by atoms with Crippen LogP contribution in [-0.2, 0) is 17.6 Å². The summed E-state index contributed by atoms with van der Waals surface area (Å²) in [7, 11) is 0. The molecular weight excluding hydrogens is 192 g/mol. The second-order valence-corrected chi connectivity index (χ2v) is 3.64. The fourth-order valence-electron chi connectivity index (χ4n) is 2.01. The molecule has 0 saturated carbocycles. The Bertz CT molecular complexity index is 483. The highest BCUT2D eigenvalue weighted by molar-refractivity contribution is 5.43. The van der Waals surface area contributed by atoms with Gasteiger partial charge in [0.1, 0.15) is 11.6 Å². The molecular formula is C11H12N2O2. The third-order valence-electron chi connectivity index (χ3n) is 2.75. The van der Waals surface area contributed by atoms with Crippen LogP contribution in [0.15, 0.2) is 4.79 Å². The van der Waals surface area contributed by atoms with Gasteiger partial charge in [0.15, 0.2) is 0 Å². The second kappa shape index (κ2) is 3.87. The zero-order chi connectivity index (χ0) is 10.8. The minimum absolute atomic E-state index is 0.251. The maximum atomic E-state index is 11.5. The average molecular weight is 204 g/mol. The Kier molecular flexibility index (Phi) is 2.57. The zero-order valence-corrected chi connectivity index (χ0v) is 8.59. The van der Waals surface area contributed by atoms with Crippen LogP contribution in [0.4, 0.5) is 0 Å². The molecule has 0 radical (unpaired) electrons. The third-order valence-corrected chi connectivity index (χ3v) is 2.75. The molecule has 0 saturated heterocycles. The predicted molar refractivity (Wildman–Crippen MR) is 54.7 cm³/mol. The second-order valence-electron chi connectivity index (χ2n) is 3.64. The molecule has 0 bridgehead atoms. The molecule has 1 aromatic heterocycles. The molecule has 2 heterocycles. The van der Waals surface area contributed by atoms with Crippen molar-refractivity contribution in [2.24, 2.45) is 0 Å². The standard InChI is InChI=1S/C11H12N2O2/c1-7-8-2-4-15-5-3-9(8)10(6-12)11(14)13-7/h2-5H2,1H3,(H,13,14). The Balaban J connectivity index is 2.70. The summed E-state index contributed by atoms with van der Waals surface area (Å²) in [4.78, 5) is 14.2. The van der Waals surface area contributed by atoms with Gasteiger partial charge >= 0.3 is 0 Å². The average Bonchev–Trinajstić information content (AvgIpc) is 2.44. The van der Waals surface area contributed by atoms with Crippen molar-refractivity contribution in [3.05, 3.63) is 32.7 Å². The van der Waals surface area contributed by atoms with Gasteiger partial charge in [0.2, 0.25) is 0 Å². The van der Waals surface area contributed by atoms with Crippen LogP contribution in [-0.4, -0.2) is 18.2 Å². The van der Waals surface area contributed by atoms with Crippen molar-refractivity contribution in [3.63, 3.8) is 0 Å². The highest BCUT2D eigenvalue weighted by Crippen LogP contribution is 2.18. The molecule has 0 aliphatic carbocycles. The van der Waals surface area contributed by atoms with Gasteiger partial charge in [-0.1, -0.05) is 0 Å². The lowest BCUT2D eigenvalue weighted by Crippen LogP contribution is -2.18. The monoisotopic (exact) mass is 204 g/mol. The maximum absolute atomic E-state index is 11.5. The van der Waals surface area contributed by atoms with E-state index in [1.807, 2.05) is 13.0 Å². The Morgan fingerprint density at radius 2 is 2.00 bits per heavy atom. The van der Waals surface area contributed by atoms with Crippen LogP contribution in [0, 0.1) is 18.3 Å². The first-order valence-electron chi connectivity index (χ1n) is 4.96. The summed E-state index contributed by atoms with van der Waals surface area (Å²) in [6, 6.07) is 1.98. The van der Waals surface area contributed by atoms with E-state index in [-0.39, 0.29) is 11.1 Å². The van der Waals surface area contributed by atoms with Crippen molar-refractivity contribution in [1.82, 2.24) is 4.98 Å². The summed E-state index contributed by atoms with van der Waals surface area (Å²) in [6.07, 6.45) is 1.43. The van der Waals surface area contributed by atoms with Crippen molar-refractivity contribution < 1.29 is 4.74 Å². The van der Waals surface area contributed by atoms with Gasteiger partial charge in [-0.2, -0.15) is 5.26 Å². The summed E-state index contributed by atoms with van der Waals surface area (Å²) < 4.78 is 5.35. The van der Waals surface area contributed by atoms with Crippen LogP contribution in [0.2, 0.25) is 0 Å². The molecule has 2 rings (SSSR count). The number of nitrogens with one attached hydrogen (secondary N) is 1. The molecule has 1 aromatic rings. The summed E-state index contributed by atoms with van der Waals surface area (Å²) in [6.45, 7) is 3.11. The molecule has 1 N–H and O–H groups in total. The van der Waals surface area contributed by atoms with Crippen LogP contribution in [0.5, 0.6) is 0 Å². The molecule has 4 nitrogen and oxygen atoms in total. The molecule has 0 spiro atoms. The number of H-pyrrole nitrogens is 1. The summed E-state index contributed by atoms with van der Waals surface area (Å²) >= 11 is 0. The number of rotatable bonds is 0. The highest BCUT2D eigenvalue weighted by atomic mass is 16.5. The molecule has 78 valence electrons. The molecule has 4 heteroatoms. The minimum Gasteiger partial charge on any atom is -0.381 e. The number of fused-ring (bicyclic) bond motifs is 1. The Morgan fingerprint density at radius 3 is 2.67 bits per heavy atom. The largest absolute Gasteiger partial charge is 0.381 e. The lowest BCUT2D eigenvalue weighted by atomic mass is 9.98. The summed E-state index contributed by atoms with van der Waals surface area (Å²) in [5.74, 6) is 0. The molecule has 0 aromatic carbocycles. The first kappa shape index (κ1) is 9.94. The Hall–Kier alpha value is -1.60. The van der Waals surface area contributed by atoms with Gasteiger partial charge < -0.3 is 9.72 Å². The topological polar surface area (TPSA) is 65.9 Å². The predicted octanol–water partition coefficient (Wildman–Crippen LogP) is 0.670. The number of pyridine rings is 1. The smallest absolute Gasteiger partial charge is 0.266 e. The van der Waals surface area contributed by atoms with E-state index < -0.39 is 0 Å². The molecule has 0 unspecified atom stereocenters. The van der Waals surface area contributed by atoms with Crippen molar-refractivity contribution in [1.29, 1.82) is 5.26 Å². The van der Waals surface area contributed by atoms with Crippen LogP contribution in [0.25, 0.3) is 0 Å². The van der Waals surface area contributed by atoms with Gasteiger partial charge in [-0.25, -0.2) is 0 Å². The van der Waals surface area contributed by atoms with Crippen molar-refractivity contribution in [3.8, 4) is 6.07 Å². The van der Waals surface area contributed by atoms with Crippen molar-refractivity contribution >= 4 is 0 Å². The van der Waals surface area contributed by atoms with Gasteiger partial charge in [0.25, 0.3) is 5.56 Å². The molecule has 0 fully saturated rings. The number of nitriles is 1. The molecule has 1 aliphatic heterocycles. The van der Waals surface area contributed by atoms with Crippen LogP contribution in [0.3, 0.4) is 0 Å². The number of ether oxygens (including phenoxy) is 1. The van der Waals surface area contributed by atoms with Gasteiger partial charge in [-0.3, -0.25) is 4.79 Å². The minimum atomic E-state index is -0.282. The first-order valence-corrected chi connectivity index (χ1v) is 4.96. The molecule has 1 aliphatic rings. The Morgan fingerprint density at radius 1 is 1.33 bits per heavy atom. The number of nitrogens with zero attached hydrogens (tertiary/aromatic N) is 1. The lowest BCUT2D eigenvalue weighted by molar-refractivity contribution is 0.146. The summed E-state index contributed by atoms with van der Waals surface area (Å²) in [5, 5.41) is 8.95. The van der Waals surface area contributed by atoms with Crippen molar-refractivity contribution in [2.45, 2.75) is 19.8 Å². The fourth-order valence-corrected chi connectivity index (χ4v) is 2.01. The maximum Gasteiger partial charge on any atom is 0.266 e. The molecule has 0 atom stereocenters. The van der Waals surface area contributed by atoms with Crippen LogP contribution < -0.4 is 5.56 Å². The zero-order valence-electron chi connectivity index (χ0n) is 8.59. The van der Waals surface area contributed by atoms with Gasteiger partial charge in [-0.05, 0) is 30.9 Å². The SMILES string of the molecule is Cc1[nH]c(=O)c(C#N)c2c1CCOCC2. The quantitative estimate of drug-likeness (QED) is 0.675. The van der Waals surface area contributed by atoms with E-state index in [1.165, 1.54) is 0 Å². The van der Waals surface area contributed by atoms with E-state index in [4.69, 9.17) is 10.00 Å². The van der Waals surface area contributed by atoms with Gasteiger partial charge in [0, 0.05) is 5.69 Å². The van der Waals surface area contributed by atoms with E-state index in [9.17, 15) is 4.79 Å². The normalized spacial score (nSPS) is 15.2. The number of hydrogen-bond donors (Lipinski definition) is 1. The van der Waals surface area contributed by atoms with Gasteiger partial charge in [0.05, 0.1) is 13.2 Å². The highest BCUT2D eigenvalue weighted by Gasteiger charge is 2.17. The molecule has 0 amide bonds. The van der Waals surface area contributed by atoms with E-state index >= 15 is 0 Å². The Labute approximate surface area is 87.5 Å². The summed E-state index contributed by atoms with van der Waals surface area (Å²) in [5.41, 5.74) is 2.77. The van der Waals surface area contributed by atoms with E-state index in [0.717, 1.165) is 23.2 Å². The van der Waals surface area contributed by atoms with E-state index in [0.29, 0.717) is 19.6 Å². The molecule has 15 heavy (non-hydrogen) atoms. The van der Waals surface area contributed by atoms with Crippen LogP contribution in [0.1, 0.15) is 22.4 Å². The third kappa shape index (κ3) is 1.66. The number of aromatic nitrogens is 1. The van der Waals surface area contributed by atoms with Crippen molar-refractivity contribution in [2.75, 3.05) is 13.2 Å². The number of aromatic amines is 1. The van der Waals surface area contributed by atoms with E-state index in [1.54, 1.807) is 0 Å². The number of hydrogen-bond acceptors (Lipinski definition) is 3. The lowest BCUT2D eigenvalue weighted by Gasteiger charge is -2.09. The van der Waals surface area contributed by atoms with Crippen LogP contribution >= 0.6 is 0 Å². The first-order chi connectivity index (χ1) is 7.24. The van der Waals surface area contributed by atoms with E-state index in [2.05, 4.69) is 4.98 Å². The van der Waals surface area contributed by atoms with Gasteiger partial charge in [-0.15, -0.1) is 0 Å².